The van der Waals surface area contributed by atoms with Crippen molar-refractivity contribution in [2.24, 2.45) is 10.9 Å². The summed E-state index contributed by atoms with van der Waals surface area (Å²) in [7, 11) is -1.95. The Bertz CT molecular complexity index is 1390. The van der Waals surface area contributed by atoms with E-state index in [0.29, 0.717) is 24.1 Å². The number of benzene rings is 1. The molecular weight excluding hydrogens is 580 g/mol. The molecule has 2 heterocycles. The monoisotopic (exact) mass is 606 g/mol. The van der Waals surface area contributed by atoms with Crippen molar-refractivity contribution in [1.82, 2.24) is 15.1 Å². The van der Waals surface area contributed by atoms with Crippen molar-refractivity contribution in [3.63, 3.8) is 0 Å². The number of urea groups is 1. The number of hydrogen-bond acceptors (Lipinski definition) is 6. The molecule has 0 aromatic heterocycles. The van der Waals surface area contributed by atoms with E-state index in [1.165, 1.54) is 25.1 Å². The minimum atomic E-state index is -4.81. The third-order valence-electron chi connectivity index (χ3n) is 7.01. The minimum Gasteiger partial charge on any atom is -0.319 e. The summed E-state index contributed by atoms with van der Waals surface area (Å²) in [5.41, 5.74) is -1.88. The lowest BCUT2D eigenvalue weighted by Crippen LogP contribution is -2.46. The van der Waals surface area contributed by atoms with E-state index in [1.807, 2.05) is 11.9 Å². The van der Waals surface area contributed by atoms with Gasteiger partial charge in [0.25, 0.3) is 5.91 Å². The van der Waals surface area contributed by atoms with E-state index in [9.17, 15) is 31.2 Å². The Morgan fingerprint density at radius 2 is 1.92 bits per heavy atom. The first-order chi connectivity index (χ1) is 18.3. The van der Waals surface area contributed by atoms with Gasteiger partial charge in [0, 0.05) is 18.1 Å². The third kappa shape index (κ3) is 6.09. The van der Waals surface area contributed by atoms with E-state index < -0.39 is 51.0 Å². The third-order valence-corrected chi connectivity index (χ3v) is 9.54. The second-order valence-electron chi connectivity index (χ2n) is 9.63. The van der Waals surface area contributed by atoms with Gasteiger partial charge < -0.3 is 5.32 Å². The summed E-state index contributed by atoms with van der Waals surface area (Å²) in [5, 5.41) is 1.78. The Balaban J connectivity index is 1.71. The maximum Gasteiger partial charge on any atom is 0.416 e. The van der Waals surface area contributed by atoms with Gasteiger partial charge in [0.1, 0.15) is 0 Å². The Morgan fingerprint density at radius 3 is 2.56 bits per heavy atom. The molecule has 1 aliphatic carbocycles. The van der Waals surface area contributed by atoms with Crippen LogP contribution >= 0.6 is 23.2 Å². The smallest absolute Gasteiger partial charge is 0.319 e. The summed E-state index contributed by atoms with van der Waals surface area (Å²) in [6.45, 7) is 2.69. The molecule has 14 heteroatoms. The van der Waals surface area contributed by atoms with Crippen LogP contribution in [0.25, 0.3) is 0 Å². The zero-order valence-corrected chi connectivity index (χ0v) is 23.5. The van der Waals surface area contributed by atoms with Gasteiger partial charge in [-0.3, -0.25) is 14.6 Å². The molecule has 1 unspecified atom stereocenters. The summed E-state index contributed by atoms with van der Waals surface area (Å²) in [6, 6.07) is 2.85. The molecule has 1 aromatic rings. The number of likely N-dealkylation sites (tertiary alicyclic amines) is 1. The number of sulfone groups is 1. The molecule has 1 N–H and O–H groups in total. The lowest BCUT2D eigenvalue weighted by Gasteiger charge is -2.33. The number of hydrogen-bond donors (Lipinski definition) is 1. The van der Waals surface area contributed by atoms with Crippen LogP contribution < -0.4 is 5.32 Å². The van der Waals surface area contributed by atoms with Gasteiger partial charge in [-0.2, -0.15) is 18.2 Å². The number of aliphatic imine (C=N–C) groups is 1. The molecule has 3 amide bonds. The number of alkyl halides is 4. The normalized spacial score (nSPS) is 22.8. The molecular formula is C25H27Cl2F3N4O4S. The lowest BCUT2D eigenvalue weighted by molar-refractivity contribution is -0.124. The molecule has 39 heavy (non-hydrogen) atoms. The minimum absolute atomic E-state index is 0.0426. The Morgan fingerprint density at radius 1 is 1.21 bits per heavy atom. The van der Waals surface area contributed by atoms with Crippen LogP contribution in [0.2, 0.25) is 5.02 Å². The van der Waals surface area contributed by atoms with Gasteiger partial charge in [0.05, 0.1) is 39.4 Å². The van der Waals surface area contributed by atoms with Gasteiger partial charge in [-0.25, -0.2) is 13.2 Å². The number of imide groups is 1. The maximum absolute atomic E-state index is 14.2. The zero-order chi connectivity index (χ0) is 28.7. The highest BCUT2D eigenvalue weighted by molar-refractivity contribution is 7.91. The fourth-order valence-corrected chi connectivity index (χ4v) is 6.71. The van der Waals surface area contributed by atoms with Crippen LogP contribution in [-0.4, -0.2) is 86.4 Å². The van der Waals surface area contributed by atoms with Crippen molar-refractivity contribution in [2.75, 3.05) is 39.0 Å². The summed E-state index contributed by atoms with van der Waals surface area (Å²) in [6.07, 6.45) is -3.31. The van der Waals surface area contributed by atoms with Gasteiger partial charge in [-0.05, 0) is 67.9 Å². The highest BCUT2D eigenvalue weighted by Crippen LogP contribution is 2.40. The van der Waals surface area contributed by atoms with Crippen molar-refractivity contribution >= 4 is 50.7 Å². The predicted octanol–water partition coefficient (Wildman–Crippen LogP) is 3.98. The fourth-order valence-electron chi connectivity index (χ4n) is 5.06. The lowest BCUT2D eigenvalue weighted by atomic mass is 9.87. The summed E-state index contributed by atoms with van der Waals surface area (Å²) >= 11 is 12.5. The molecule has 3 aliphatic rings. The van der Waals surface area contributed by atoms with Gasteiger partial charge >= 0.3 is 12.2 Å². The first-order valence-corrected chi connectivity index (χ1v) is 14.7. The van der Waals surface area contributed by atoms with Crippen LogP contribution in [0.5, 0.6) is 0 Å². The number of amides is 3. The van der Waals surface area contributed by atoms with Crippen LogP contribution in [0.3, 0.4) is 0 Å². The van der Waals surface area contributed by atoms with Crippen LogP contribution in [0.1, 0.15) is 18.9 Å². The van der Waals surface area contributed by atoms with Crippen molar-refractivity contribution in [3.05, 3.63) is 51.6 Å². The van der Waals surface area contributed by atoms with Crippen molar-refractivity contribution < 1.29 is 31.2 Å². The number of carbonyl (C=O) groups is 2. The molecule has 0 spiro atoms. The quantitative estimate of drug-likeness (QED) is 0.449. The first-order valence-electron chi connectivity index (χ1n) is 12.3. The van der Waals surface area contributed by atoms with E-state index in [4.69, 9.17) is 23.2 Å². The van der Waals surface area contributed by atoms with E-state index in [-0.39, 0.29) is 45.0 Å². The van der Waals surface area contributed by atoms with E-state index in [0.717, 1.165) is 13.0 Å². The molecule has 0 bridgehead atoms. The van der Waals surface area contributed by atoms with Crippen LogP contribution in [0.4, 0.5) is 18.0 Å². The topological polar surface area (TPSA) is 99.2 Å². The molecule has 1 saturated heterocycles. The SMILES string of the molecule is CCS(=O)(=O)c1ccc(Cl)cc1CN1C(=O)N=C2C(=CC(C(F)(F)F)=C(CN3CC[C@H](CNC)C3)C2Cl)C1=O. The number of halogens is 5. The van der Waals surface area contributed by atoms with Crippen LogP contribution in [0, 0.1) is 5.92 Å². The number of carbonyl (C=O) groups excluding carboxylic acids is 2. The van der Waals surface area contributed by atoms with Crippen molar-refractivity contribution in [1.29, 1.82) is 0 Å². The molecule has 2 aliphatic heterocycles. The number of nitrogens with zero attached hydrogens (tertiary/aromatic N) is 3. The Labute approximate surface area is 234 Å². The number of nitrogens with one attached hydrogen (secondary N) is 1. The Hall–Kier alpha value is -2.25. The number of fused-ring (bicyclic) bond motifs is 1. The largest absolute Gasteiger partial charge is 0.416 e. The second kappa shape index (κ2) is 11.3. The standard InChI is InChI=1S/C25H27Cl2F3N4O4S/c1-3-39(37,38)20-5-4-16(26)8-15(20)12-34-23(35)17-9-19(25(28,29)30)18(21(27)22(17)32-24(34)36)13-33-7-6-14(11-33)10-31-2/h4-5,8-9,14,21,31H,3,6-7,10-13H2,1-2H3/t14-,21?/m1/s1. The summed E-state index contributed by atoms with van der Waals surface area (Å²) in [4.78, 5) is 32.6. The van der Waals surface area contributed by atoms with Crippen LogP contribution in [-0.2, 0) is 21.2 Å². The second-order valence-corrected chi connectivity index (χ2v) is 12.8. The molecule has 2 atom stereocenters. The fraction of sp³-hybridized carbons (Fsp3) is 0.480. The molecule has 0 radical (unpaired) electrons. The average Bonchev–Trinajstić information content (AvgIpc) is 3.30. The molecule has 1 fully saturated rings. The van der Waals surface area contributed by atoms with E-state index in [1.54, 1.807) is 0 Å². The molecule has 212 valence electrons. The summed E-state index contributed by atoms with van der Waals surface area (Å²) < 4.78 is 67.8. The van der Waals surface area contributed by atoms with E-state index in [2.05, 4.69) is 10.3 Å². The van der Waals surface area contributed by atoms with Gasteiger partial charge in [0.15, 0.2) is 9.84 Å². The van der Waals surface area contributed by atoms with Crippen molar-refractivity contribution in [3.8, 4) is 0 Å². The zero-order valence-electron chi connectivity index (χ0n) is 21.2. The first kappa shape index (κ1) is 29.7. The van der Waals surface area contributed by atoms with Crippen LogP contribution in [0.15, 0.2) is 50.9 Å². The van der Waals surface area contributed by atoms with E-state index >= 15 is 0 Å². The predicted molar refractivity (Wildman–Crippen MR) is 142 cm³/mol. The molecule has 1 aromatic carbocycles. The molecule has 8 nitrogen and oxygen atoms in total. The average molecular weight is 607 g/mol. The van der Waals surface area contributed by atoms with Crippen molar-refractivity contribution in [2.45, 2.75) is 36.3 Å². The number of rotatable bonds is 8. The maximum atomic E-state index is 14.2. The number of allylic oxidation sites excluding steroid dienone is 2. The molecule has 0 saturated carbocycles. The summed E-state index contributed by atoms with van der Waals surface area (Å²) in [5.74, 6) is -1.02. The molecule has 4 rings (SSSR count). The van der Waals surface area contributed by atoms with Gasteiger partial charge in [-0.1, -0.05) is 18.5 Å². The van der Waals surface area contributed by atoms with Gasteiger partial charge in [0.2, 0.25) is 0 Å². The Kier molecular flexibility index (Phi) is 8.63. The highest BCUT2D eigenvalue weighted by Gasteiger charge is 2.46. The highest BCUT2D eigenvalue weighted by atomic mass is 35.5. The van der Waals surface area contributed by atoms with Gasteiger partial charge in [-0.15, -0.1) is 11.6 Å².